The molecule has 0 amide bonds. The molecule has 152 valence electrons. The summed E-state index contributed by atoms with van der Waals surface area (Å²) in [6, 6.07) is 10.9. The number of halogens is 1. The lowest BCUT2D eigenvalue weighted by atomic mass is 10.1. The first-order valence-corrected chi connectivity index (χ1v) is 9.51. The Balaban J connectivity index is 1.79. The summed E-state index contributed by atoms with van der Waals surface area (Å²) in [7, 11) is 0. The van der Waals surface area contributed by atoms with Crippen LogP contribution in [0.25, 0.3) is 22.8 Å². The average molecular weight is 416 g/mol. The Morgan fingerprint density at radius 2 is 2.03 bits per heavy atom. The molecule has 1 heterocycles. The van der Waals surface area contributed by atoms with Crippen molar-refractivity contribution in [2.75, 3.05) is 6.54 Å². The number of ether oxygens (including phenoxy) is 2. The van der Waals surface area contributed by atoms with Crippen molar-refractivity contribution in [2.45, 2.75) is 33.5 Å². The Hall–Kier alpha value is -2.90. The molecule has 7 nitrogen and oxygen atoms in total. The molecule has 0 fully saturated rings. The summed E-state index contributed by atoms with van der Waals surface area (Å²) in [5, 5.41) is 4.46. The molecular weight excluding hydrogens is 394 g/mol. The third-order valence-corrected chi connectivity index (χ3v) is 4.36. The topological polar surface area (TPSA) is 100 Å². The van der Waals surface area contributed by atoms with Crippen LogP contribution in [0.2, 0.25) is 5.02 Å². The van der Waals surface area contributed by atoms with Gasteiger partial charge in [0.25, 0.3) is 5.89 Å². The number of hydrogen-bond acceptors (Lipinski definition) is 7. The summed E-state index contributed by atoms with van der Waals surface area (Å²) in [6.45, 7) is 5.86. The van der Waals surface area contributed by atoms with E-state index in [0.717, 1.165) is 22.4 Å². The van der Waals surface area contributed by atoms with Crippen LogP contribution in [0, 0.1) is 6.92 Å². The van der Waals surface area contributed by atoms with E-state index in [4.69, 9.17) is 31.3 Å². The van der Waals surface area contributed by atoms with Crippen LogP contribution in [0.3, 0.4) is 0 Å². The minimum Gasteiger partial charge on any atom is -0.491 e. The van der Waals surface area contributed by atoms with Crippen LogP contribution < -0.4 is 10.5 Å². The Bertz CT molecular complexity index is 1020. The summed E-state index contributed by atoms with van der Waals surface area (Å²) in [5.41, 5.74) is 8.34. The number of carbonyl (C=O) groups excluding carboxylic acids is 1. The third kappa shape index (κ3) is 5.13. The average Bonchev–Trinajstić information content (AvgIpc) is 3.17. The molecule has 0 aliphatic rings. The summed E-state index contributed by atoms with van der Waals surface area (Å²) in [6.07, 6.45) is 0.0958. The highest BCUT2D eigenvalue weighted by atomic mass is 35.5. The van der Waals surface area contributed by atoms with Gasteiger partial charge in [0.05, 0.1) is 17.7 Å². The van der Waals surface area contributed by atoms with Gasteiger partial charge in [0.15, 0.2) is 0 Å². The molecule has 3 rings (SSSR count). The zero-order valence-corrected chi connectivity index (χ0v) is 17.2. The van der Waals surface area contributed by atoms with Gasteiger partial charge in [0.1, 0.15) is 12.4 Å². The number of carbonyl (C=O) groups is 1. The molecule has 2 aromatic carbocycles. The van der Waals surface area contributed by atoms with E-state index in [9.17, 15) is 4.79 Å². The highest BCUT2D eigenvalue weighted by Crippen LogP contribution is 2.30. The van der Waals surface area contributed by atoms with Gasteiger partial charge in [0, 0.05) is 11.1 Å². The van der Waals surface area contributed by atoms with Crippen LogP contribution in [0.5, 0.6) is 5.75 Å². The molecule has 0 saturated carbocycles. The predicted octanol–water partition coefficient (Wildman–Crippen LogP) is 4.15. The minimum atomic E-state index is -0.479. The van der Waals surface area contributed by atoms with Gasteiger partial charge in [-0.15, -0.1) is 0 Å². The number of esters is 1. The van der Waals surface area contributed by atoms with E-state index in [1.807, 2.05) is 39.0 Å². The maximum Gasteiger partial charge on any atom is 0.320 e. The quantitative estimate of drug-likeness (QED) is 0.578. The second-order valence-corrected chi connectivity index (χ2v) is 7.16. The molecule has 0 aliphatic carbocycles. The summed E-state index contributed by atoms with van der Waals surface area (Å²) in [5.74, 6) is 1.09. The number of rotatable bonds is 7. The van der Waals surface area contributed by atoms with E-state index in [1.165, 1.54) is 0 Å². The van der Waals surface area contributed by atoms with Gasteiger partial charge in [-0.25, -0.2) is 0 Å². The standard InChI is InChI=1S/C21H22ClN3O4/c1-12(2)28-18-7-5-15(8-13(18)3)21-24-20(25-29-21)16-6-4-14(9-17(16)22)11-27-19(26)10-23/h4-9,12H,10-11,23H2,1-3H3. The molecule has 2 N–H and O–H groups in total. The molecule has 3 aromatic rings. The molecule has 0 unspecified atom stereocenters. The molecule has 0 radical (unpaired) electrons. The van der Waals surface area contributed by atoms with Gasteiger partial charge in [-0.05, 0) is 62.2 Å². The fourth-order valence-corrected chi connectivity index (χ4v) is 2.96. The van der Waals surface area contributed by atoms with Gasteiger partial charge in [-0.1, -0.05) is 22.8 Å². The number of nitrogens with two attached hydrogens (primary N) is 1. The molecule has 29 heavy (non-hydrogen) atoms. The maximum atomic E-state index is 11.2. The van der Waals surface area contributed by atoms with Crippen molar-refractivity contribution in [2.24, 2.45) is 5.73 Å². The first-order chi connectivity index (χ1) is 13.9. The lowest BCUT2D eigenvalue weighted by molar-refractivity contribution is -0.143. The molecule has 0 atom stereocenters. The van der Waals surface area contributed by atoms with Crippen LogP contribution >= 0.6 is 11.6 Å². The molecular formula is C21H22ClN3O4. The highest BCUT2D eigenvalue weighted by molar-refractivity contribution is 6.33. The number of benzene rings is 2. The minimum absolute atomic E-state index is 0.0948. The maximum absolute atomic E-state index is 11.2. The Morgan fingerprint density at radius 3 is 2.69 bits per heavy atom. The van der Waals surface area contributed by atoms with Crippen LogP contribution in [-0.2, 0) is 16.1 Å². The van der Waals surface area contributed by atoms with Crippen molar-refractivity contribution in [1.29, 1.82) is 0 Å². The molecule has 0 spiro atoms. The monoisotopic (exact) mass is 415 g/mol. The first-order valence-electron chi connectivity index (χ1n) is 9.13. The molecule has 8 heteroatoms. The largest absolute Gasteiger partial charge is 0.491 e. The van der Waals surface area contributed by atoms with Crippen molar-refractivity contribution < 1.29 is 18.8 Å². The van der Waals surface area contributed by atoms with Crippen molar-refractivity contribution in [3.05, 3.63) is 52.5 Å². The number of aromatic nitrogens is 2. The summed E-state index contributed by atoms with van der Waals surface area (Å²) in [4.78, 5) is 15.6. The normalized spacial score (nSPS) is 11.0. The number of hydrogen-bond donors (Lipinski definition) is 1. The van der Waals surface area contributed by atoms with E-state index < -0.39 is 5.97 Å². The van der Waals surface area contributed by atoms with Crippen LogP contribution in [0.1, 0.15) is 25.0 Å². The van der Waals surface area contributed by atoms with E-state index in [2.05, 4.69) is 10.1 Å². The Kier molecular flexibility index (Phi) is 6.51. The zero-order chi connectivity index (χ0) is 21.0. The molecule has 0 bridgehead atoms. The van der Waals surface area contributed by atoms with Crippen LogP contribution in [-0.4, -0.2) is 28.8 Å². The van der Waals surface area contributed by atoms with Crippen LogP contribution in [0.15, 0.2) is 40.9 Å². The molecule has 0 aliphatic heterocycles. The number of nitrogens with zero attached hydrogens (tertiary/aromatic N) is 2. The first kappa shape index (κ1) is 20.8. The second kappa shape index (κ2) is 9.07. The van der Waals surface area contributed by atoms with Gasteiger partial charge in [-0.3, -0.25) is 4.79 Å². The zero-order valence-electron chi connectivity index (χ0n) is 16.4. The van der Waals surface area contributed by atoms with E-state index >= 15 is 0 Å². The van der Waals surface area contributed by atoms with Gasteiger partial charge in [0.2, 0.25) is 5.82 Å². The SMILES string of the molecule is Cc1cc(-c2nc(-c3ccc(COC(=O)CN)cc3Cl)no2)ccc1OC(C)C. The van der Waals surface area contributed by atoms with Gasteiger partial charge >= 0.3 is 5.97 Å². The second-order valence-electron chi connectivity index (χ2n) is 6.75. The van der Waals surface area contributed by atoms with Gasteiger partial charge in [-0.2, -0.15) is 4.98 Å². The Morgan fingerprint density at radius 1 is 1.24 bits per heavy atom. The van der Waals surface area contributed by atoms with Gasteiger partial charge < -0.3 is 19.7 Å². The fourth-order valence-electron chi connectivity index (χ4n) is 2.67. The lowest BCUT2D eigenvalue weighted by Crippen LogP contribution is -2.16. The molecule has 1 aromatic heterocycles. The summed E-state index contributed by atoms with van der Waals surface area (Å²) >= 11 is 6.36. The van der Waals surface area contributed by atoms with Crippen molar-refractivity contribution in [1.82, 2.24) is 10.1 Å². The number of aryl methyl sites for hydroxylation is 1. The van der Waals surface area contributed by atoms with Crippen LogP contribution in [0.4, 0.5) is 0 Å². The van der Waals surface area contributed by atoms with Crippen molar-refractivity contribution in [3.8, 4) is 28.6 Å². The fraction of sp³-hybridized carbons (Fsp3) is 0.286. The summed E-state index contributed by atoms with van der Waals surface area (Å²) < 4.78 is 16.2. The molecule has 0 saturated heterocycles. The highest BCUT2D eigenvalue weighted by Gasteiger charge is 2.15. The smallest absolute Gasteiger partial charge is 0.320 e. The van der Waals surface area contributed by atoms with E-state index in [-0.39, 0.29) is 19.3 Å². The van der Waals surface area contributed by atoms with Crippen molar-refractivity contribution >= 4 is 17.6 Å². The Labute approximate surface area is 173 Å². The van der Waals surface area contributed by atoms with E-state index in [1.54, 1.807) is 18.2 Å². The lowest BCUT2D eigenvalue weighted by Gasteiger charge is -2.12. The predicted molar refractivity (Wildman–Crippen MR) is 110 cm³/mol. The third-order valence-electron chi connectivity index (χ3n) is 4.05. The van der Waals surface area contributed by atoms with Crippen molar-refractivity contribution in [3.63, 3.8) is 0 Å². The van der Waals surface area contributed by atoms with E-state index in [0.29, 0.717) is 22.3 Å².